The van der Waals surface area contributed by atoms with Crippen molar-refractivity contribution in [3.05, 3.63) is 46.7 Å². The molecule has 27 heavy (non-hydrogen) atoms. The maximum Gasteiger partial charge on any atom is 0.434 e. The molecule has 9 heteroatoms. The van der Waals surface area contributed by atoms with Crippen LogP contribution in [-0.2, 0) is 10.9 Å². The van der Waals surface area contributed by atoms with Crippen molar-refractivity contribution in [2.24, 2.45) is 5.92 Å². The summed E-state index contributed by atoms with van der Waals surface area (Å²) in [5.41, 5.74) is -1.43. The number of halogens is 4. The van der Waals surface area contributed by atoms with Gasteiger partial charge in [-0.15, -0.1) is 0 Å². The largest absolute Gasteiger partial charge is 0.434 e. The molecule has 0 spiro atoms. The van der Waals surface area contributed by atoms with Gasteiger partial charge in [0, 0.05) is 30.6 Å². The van der Waals surface area contributed by atoms with E-state index in [0.29, 0.717) is 31.0 Å². The fourth-order valence-electron chi connectivity index (χ4n) is 3.15. The van der Waals surface area contributed by atoms with Gasteiger partial charge in [0.05, 0.1) is 24.1 Å². The molecule has 0 saturated carbocycles. The Kier molecular flexibility index (Phi) is 5.76. The zero-order valence-electron chi connectivity index (χ0n) is 14.7. The van der Waals surface area contributed by atoms with Crippen LogP contribution >= 0.6 is 11.6 Å². The topological polar surface area (TPSA) is 47.4 Å². The monoisotopic (exact) mass is 401 g/mol. The lowest BCUT2D eigenvalue weighted by molar-refractivity contribution is -0.143. The molecule has 0 radical (unpaired) electrons. The molecule has 1 saturated heterocycles. The Morgan fingerprint density at radius 3 is 2.81 bits per heavy atom. The summed E-state index contributed by atoms with van der Waals surface area (Å²) in [5.74, 6) is -0.559. The number of alkyl halides is 3. The predicted octanol–water partition coefficient (Wildman–Crippen LogP) is 4.04. The summed E-state index contributed by atoms with van der Waals surface area (Å²) in [6, 6.07) is 5.90. The minimum Gasteiger partial charge on any atom is -0.381 e. The first-order valence-corrected chi connectivity index (χ1v) is 8.97. The Morgan fingerprint density at radius 1 is 1.44 bits per heavy atom. The van der Waals surface area contributed by atoms with E-state index in [-0.39, 0.29) is 16.6 Å². The molecule has 2 aromatic rings. The Hall–Kier alpha value is -2.06. The standard InChI is InChI=1S/C18H19ClF3N3O2/c1-2-24(10-12-6-7-27-11-12)17(26)15-9-23-25(16(15)18(20,21)22)14-5-3-4-13(19)8-14/h3-5,8-9,12H,2,6-7,10-11H2,1H3. The number of amides is 1. The molecule has 1 unspecified atom stereocenters. The highest BCUT2D eigenvalue weighted by Crippen LogP contribution is 2.34. The van der Waals surface area contributed by atoms with Crippen LogP contribution in [0.1, 0.15) is 29.4 Å². The van der Waals surface area contributed by atoms with E-state index in [0.717, 1.165) is 12.6 Å². The second-order valence-corrected chi connectivity index (χ2v) is 6.81. The first-order chi connectivity index (χ1) is 12.8. The molecule has 1 fully saturated rings. The van der Waals surface area contributed by atoms with Crippen LogP contribution in [0, 0.1) is 5.92 Å². The molecule has 146 valence electrons. The SMILES string of the molecule is CCN(CC1CCOC1)C(=O)c1cnn(-c2cccc(Cl)c2)c1C(F)(F)F. The first-order valence-electron chi connectivity index (χ1n) is 8.59. The maximum atomic E-state index is 13.8. The summed E-state index contributed by atoms with van der Waals surface area (Å²) < 4.78 is 47.3. The second kappa shape index (κ2) is 7.90. The Morgan fingerprint density at radius 2 is 2.22 bits per heavy atom. The number of hydrogen-bond acceptors (Lipinski definition) is 3. The van der Waals surface area contributed by atoms with E-state index in [1.165, 1.54) is 23.1 Å². The van der Waals surface area contributed by atoms with Crippen LogP contribution in [0.2, 0.25) is 5.02 Å². The summed E-state index contributed by atoms with van der Waals surface area (Å²) in [6.07, 6.45) is -2.99. The van der Waals surface area contributed by atoms with Gasteiger partial charge in [0.1, 0.15) is 0 Å². The van der Waals surface area contributed by atoms with E-state index in [1.54, 1.807) is 13.0 Å². The van der Waals surface area contributed by atoms with Crippen molar-refractivity contribution in [2.45, 2.75) is 19.5 Å². The van der Waals surface area contributed by atoms with Gasteiger partial charge in [-0.3, -0.25) is 4.79 Å². The van der Waals surface area contributed by atoms with Crippen molar-refractivity contribution in [3.8, 4) is 5.69 Å². The lowest BCUT2D eigenvalue weighted by atomic mass is 10.1. The van der Waals surface area contributed by atoms with E-state index in [4.69, 9.17) is 16.3 Å². The predicted molar refractivity (Wildman–Crippen MR) is 94.1 cm³/mol. The van der Waals surface area contributed by atoms with Gasteiger partial charge in [-0.2, -0.15) is 18.3 Å². The molecule has 0 aliphatic carbocycles. The molecule has 3 rings (SSSR count). The Balaban J connectivity index is 1.98. The third kappa shape index (κ3) is 4.27. The first kappa shape index (κ1) is 19.7. The van der Waals surface area contributed by atoms with Crippen LogP contribution in [0.4, 0.5) is 13.2 Å². The molecule has 1 amide bonds. The molecule has 1 aromatic carbocycles. The molecular weight excluding hydrogens is 383 g/mol. The number of hydrogen-bond donors (Lipinski definition) is 0. The third-order valence-corrected chi connectivity index (χ3v) is 4.73. The van der Waals surface area contributed by atoms with Gasteiger partial charge in [0.15, 0.2) is 5.69 Å². The maximum absolute atomic E-state index is 13.8. The van der Waals surface area contributed by atoms with Crippen molar-refractivity contribution in [1.29, 1.82) is 0 Å². The highest BCUT2D eigenvalue weighted by atomic mass is 35.5. The zero-order valence-corrected chi connectivity index (χ0v) is 15.4. The number of benzene rings is 1. The van der Waals surface area contributed by atoms with Crippen molar-refractivity contribution < 1.29 is 22.7 Å². The van der Waals surface area contributed by atoms with Crippen molar-refractivity contribution in [3.63, 3.8) is 0 Å². The highest BCUT2D eigenvalue weighted by molar-refractivity contribution is 6.30. The number of nitrogens with zero attached hydrogens (tertiary/aromatic N) is 3. The zero-order chi connectivity index (χ0) is 19.6. The summed E-state index contributed by atoms with van der Waals surface area (Å²) in [4.78, 5) is 14.3. The van der Waals surface area contributed by atoms with E-state index in [1.807, 2.05) is 0 Å². The molecule has 1 aromatic heterocycles. The third-order valence-electron chi connectivity index (χ3n) is 4.49. The van der Waals surface area contributed by atoms with Gasteiger partial charge >= 0.3 is 6.18 Å². The van der Waals surface area contributed by atoms with Gasteiger partial charge in [-0.05, 0) is 31.5 Å². The number of aromatic nitrogens is 2. The smallest absolute Gasteiger partial charge is 0.381 e. The van der Waals surface area contributed by atoms with Crippen molar-refractivity contribution in [1.82, 2.24) is 14.7 Å². The van der Waals surface area contributed by atoms with Crippen LogP contribution < -0.4 is 0 Å². The summed E-state index contributed by atoms with van der Waals surface area (Å²) in [6.45, 7) is 3.51. The van der Waals surface area contributed by atoms with Gasteiger partial charge in [-0.25, -0.2) is 4.68 Å². The Bertz CT molecular complexity index is 816. The van der Waals surface area contributed by atoms with Gasteiger partial charge < -0.3 is 9.64 Å². The Labute approximate surface area is 159 Å². The van der Waals surface area contributed by atoms with E-state index < -0.39 is 23.3 Å². The summed E-state index contributed by atoms with van der Waals surface area (Å²) in [5, 5.41) is 4.11. The lowest BCUT2D eigenvalue weighted by Crippen LogP contribution is -2.36. The van der Waals surface area contributed by atoms with Crippen LogP contribution in [0.15, 0.2) is 30.5 Å². The molecule has 5 nitrogen and oxygen atoms in total. The number of rotatable bonds is 5. The molecule has 0 N–H and O–H groups in total. The number of carbonyl (C=O) groups is 1. The van der Waals surface area contributed by atoms with Crippen molar-refractivity contribution in [2.75, 3.05) is 26.3 Å². The van der Waals surface area contributed by atoms with E-state index >= 15 is 0 Å². The van der Waals surface area contributed by atoms with Crippen LogP contribution in [-0.4, -0.2) is 46.9 Å². The number of ether oxygens (including phenoxy) is 1. The highest BCUT2D eigenvalue weighted by Gasteiger charge is 2.41. The molecule has 1 aliphatic rings. The molecular formula is C18H19ClF3N3O2. The number of carbonyl (C=O) groups excluding carboxylic acids is 1. The fourth-order valence-corrected chi connectivity index (χ4v) is 3.33. The van der Waals surface area contributed by atoms with Gasteiger partial charge in [0.25, 0.3) is 5.91 Å². The molecule has 1 aliphatic heterocycles. The van der Waals surface area contributed by atoms with Crippen LogP contribution in [0.5, 0.6) is 0 Å². The van der Waals surface area contributed by atoms with Gasteiger partial charge in [0.2, 0.25) is 0 Å². The average Bonchev–Trinajstić information content (AvgIpc) is 3.28. The molecule has 1 atom stereocenters. The summed E-state index contributed by atoms with van der Waals surface area (Å²) >= 11 is 5.89. The summed E-state index contributed by atoms with van der Waals surface area (Å²) in [7, 11) is 0. The minimum absolute atomic E-state index is 0.131. The minimum atomic E-state index is -4.75. The quantitative estimate of drug-likeness (QED) is 0.759. The fraction of sp³-hybridized carbons (Fsp3) is 0.444. The molecule has 0 bridgehead atoms. The average molecular weight is 402 g/mol. The molecule has 2 heterocycles. The normalized spacial score (nSPS) is 17.3. The van der Waals surface area contributed by atoms with E-state index in [9.17, 15) is 18.0 Å². The van der Waals surface area contributed by atoms with Crippen molar-refractivity contribution >= 4 is 17.5 Å². The van der Waals surface area contributed by atoms with Crippen LogP contribution in [0.25, 0.3) is 5.69 Å². The second-order valence-electron chi connectivity index (χ2n) is 6.37. The lowest BCUT2D eigenvalue weighted by Gasteiger charge is -2.24. The van der Waals surface area contributed by atoms with Crippen LogP contribution in [0.3, 0.4) is 0 Å². The van der Waals surface area contributed by atoms with Gasteiger partial charge in [-0.1, -0.05) is 17.7 Å². The van der Waals surface area contributed by atoms with E-state index in [2.05, 4.69) is 5.10 Å².